The fraction of sp³-hybridized carbons (Fsp3) is 0.409. The number of nitrogens with zero attached hydrogens (tertiary/aromatic N) is 1. The number of ether oxygens (including phenoxy) is 1. The summed E-state index contributed by atoms with van der Waals surface area (Å²) in [7, 11) is 1.95. The number of hydrogen-bond donors (Lipinski definition) is 0. The van der Waals surface area contributed by atoms with Gasteiger partial charge in [0, 0.05) is 18.7 Å². The van der Waals surface area contributed by atoms with Crippen LogP contribution in [0.4, 0.5) is 0 Å². The van der Waals surface area contributed by atoms with Gasteiger partial charge in [0.1, 0.15) is 12.4 Å². The number of carbonyl (C=O) groups is 1. The van der Waals surface area contributed by atoms with E-state index in [4.69, 9.17) is 4.74 Å². The van der Waals surface area contributed by atoms with Gasteiger partial charge in [-0.15, -0.1) is 0 Å². The molecule has 0 atom stereocenters. The molecule has 2 aromatic carbocycles. The third kappa shape index (κ3) is 4.85. The lowest BCUT2D eigenvalue weighted by Gasteiger charge is -2.27. The van der Waals surface area contributed by atoms with Gasteiger partial charge in [-0.1, -0.05) is 56.0 Å². The van der Waals surface area contributed by atoms with E-state index in [1.54, 1.807) is 0 Å². The minimum absolute atomic E-state index is 0.127. The van der Waals surface area contributed by atoms with Gasteiger partial charge >= 0.3 is 0 Å². The number of rotatable bonds is 5. The lowest BCUT2D eigenvalue weighted by Crippen LogP contribution is -2.36. The van der Waals surface area contributed by atoms with Crippen LogP contribution < -0.4 is 4.74 Å². The van der Waals surface area contributed by atoms with Crippen molar-refractivity contribution in [3.05, 3.63) is 65.7 Å². The second-order valence-corrected chi connectivity index (χ2v) is 6.86. The van der Waals surface area contributed by atoms with E-state index < -0.39 is 0 Å². The quantitative estimate of drug-likeness (QED) is 0.714. The van der Waals surface area contributed by atoms with E-state index in [0.717, 1.165) is 29.7 Å². The highest BCUT2D eigenvalue weighted by Gasteiger charge is 2.22. The first-order valence-corrected chi connectivity index (χ1v) is 9.28. The highest BCUT2D eigenvalue weighted by molar-refractivity contribution is 5.94. The van der Waals surface area contributed by atoms with Crippen LogP contribution in [0.15, 0.2) is 54.6 Å². The molecule has 25 heavy (non-hydrogen) atoms. The second kappa shape index (κ2) is 8.70. The van der Waals surface area contributed by atoms with E-state index in [2.05, 4.69) is 0 Å². The highest BCUT2D eigenvalue weighted by atomic mass is 16.5. The average Bonchev–Trinajstić information content (AvgIpc) is 2.96. The van der Waals surface area contributed by atoms with Crippen LogP contribution in [0.5, 0.6) is 5.75 Å². The maximum absolute atomic E-state index is 12.7. The number of amides is 1. The molecule has 3 heteroatoms. The van der Waals surface area contributed by atoms with Crippen LogP contribution in [0.3, 0.4) is 0 Å². The Morgan fingerprint density at radius 2 is 1.60 bits per heavy atom. The molecule has 132 valence electrons. The first kappa shape index (κ1) is 17.5. The summed E-state index contributed by atoms with van der Waals surface area (Å²) in [5, 5.41) is 0. The van der Waals surface area contributed by atoms with Crippen molar-refractivity contribution in [1.82, 2.24) is 4.90 Å². The van der Waals surface area contributed by atoms with Gasteiger partial charge in [0.05, 0.1) is 0 Å². The van der Waals surface area contributed by atoms with Crippen molar-refractivity contribution in [2.24, 2.45) is 0 Å². The monoisotopic (exact) mass is 337 g/mol. The molecule has 0 bridgehead atoms. The Labute approximate surface area is 150 Å². The zero-order chi connectivity index (χ0) is 17.5. The van der Waals surface area contributed by atoms with Gasteiger partial charge in [-0.25, -0.2) is 0 Å². The predicted molar refractivity (Wildman–Crippen MR) is 101 cm³/mol. The fourth-order valence-corrected chi connectivity index (χ4v) is 3.44. The molecule has 1 aliphatic rings. The second-order valence-electron chi connectivity index (χ2n) is 6.86. The third-order valence-electron chi connectivity index (χ3n) is 5.04. The van der Waals surface area contributed by atoms with Crippen LogP contribution in [0.25, 0.3) is 0 Å². The molecular formula is C22H27NO2. The Morgan fingerprint density at radius 1 is 0.960 bits per heavy atom. The van der Waals surface area contributed by atoms with Gasteiger partial charge in [-0.2, -0.15) is 0 Å². The molecule has 0 aromatic heterocycles. The summed E-state index contributed by atoms with van der Waals surface area (Å²) in [5.41, 5.74) is 1.83. The lowest BCUT2D eigenvalue weighted by molar-refractivity contribution is 0.0717. The van der Waals surface area contributed by atoms with Gasteiger partial charge in [0.25, 0.3) is 5.91 Å². The topological polar surface area (TPSA) is 29.5 Å². The van der Waals surface area contributed by atoms with Crippen LogP contribution in [-0.4, -0.2) is 23.9 Å². The summed E-state index contributed by atoms with van der Waals surface area (Å²) in [6.07, 6.45) is 7.33. The van der Waals surface area contributed by atoms with Gasteiger partial charge in [0.15, 0.2) is 0 Å². The molecule has 0 N–H and O–H groups in total. The van der Waals surface area contributed by atoms with Crippen molar-refractivity contribution in [3.63, 3.8) is 0 Å². The predicted octanol–water partition coefficient (Wildman–Crippen LogP) is 5.06. The van der Waals surface area contributed by atoms with E-state index in [1.807, 2.05) is 66.5 Å². The van der Waals surface area contributed by atoms with E-state index in [1.165, 1.54) is 25.7 Å². The fourth-order valence-electron chi connectivity index (χ4n) is 3.44. The molecule has 1 aliphatic carbocycles. The van der Waals surface area contributed by atoms with Crippen LogP contribution >= 0.6 is 0 Å². The summed E-state index contributed by atoms with van der Waals surface area (Å²) in [6, 6.07) is 18.0. The maximum atomic E-state index is 12.7. The molecule has 0 unspecified atom stereocenters. The van der Waals surface area contributed by atoms with Crippen molar-refractivity contribution in [2.45, 2.75) is 51.2 Å². The molecule has 1 fully saturated rings. The third-order valence-corrected chi connectivity index (χ3v) is 5.04. The minimum atomic E-state index is 0.127. The number of hydrogen-bond acceptors (Lipinski definition) is 2. The van der Waals surface area contributed by atoms with Crippen molar-refractivity contribution < 1.29 is 9.53 Å². The Morgan fingerprint density at radius 3 is 2.24 bits per heavy atom. The van der Waals surface area contributed by atoms with E-state index in [-0.39, 0.29) is 5.91 Å². The van der Waals surface area contributed by atoms with Crippen molar-refractivity contribution in [3.8, 4) is 5.75 Å². The summed E-state index contributed by atoms with van der Waals surface area (Å²) < 4.78 is 5.75. The summed E-state index contributed by atoms with van der Waals surface area (Å²) in [4.78, 5) is 14.7. The summed E-state index contributed by atoms with van der Waals surface area (Å²) >= 11 is 0. The van der Waals surface area contributed by atoms with Gasteiger partial charge < -0.3 is 9.64 Å². The van der Waals surface area contributed by atoms with Gasteiger partial charge in [-0.05, 0) is 42.7 Å². The molecule has 0 saturated heterocycles. The molecule has 3 nitrogen and oxygen atoms in total. The van der Waals surface area contributed by atoms with Crippen LogP contribution in [-0.2, 0) is 6.61 Å². The molecule has 1 amide bonds. The molecule has 2 aromatic rings. The maximum Gasteiger partial charge on any atom is 0.253 e. The molecule has 0 aliphatic heterocycles. The summed E-state index contributed by atoms with van der Waals surface area (Å²) in [6.45, 7) is 0.511. The first-order chi connectivity index (χ1) is 12.2. The Balaban J connectivity index is 1.58. The van der Waals surface area contributed by atoms with Gasteiger partial charge in [0.2, 0.25) is 0 Å². The highest BCUT2D eigenvalue weighted by Crippen LogP contribution is 2.22. The Bertz CT molecular complexity index is 658. The minimum Gasteiger partial charge on any atom is -0.489 e. The van der Waals surface area contributed by atoms with E-state index >= 15 is 0 Å². The van der Waals surface area contributed by atoms with Gasteiger partial charge in [-0.3, -0.25) is 4.79 Å². The standard InChI is InChI=1S/C22H27NO2/c1-23(20-9-5-2-3-6-10-20)22(24)19-15-13-18(14-16-19)17-25-21-11-7-4-8-12-21/h4,7-8,11-16,20H,2-3,5-6,9-10,17H2,1H3. The first-order valence-electron chi connectivity index (χ1n) is 9.28. The van der Waals surface area contributed by atoms with Crippen LogP contribution in [0, 0.1) is 0 Å². The number of benzene rings is 2. The summed E-state index contributed by atoms with van der Waals surface area (Å²) in [5.74, 6) is 0.984. The Hall–Kier alpha value is -2.29. The Kier molecular flexibility index (Phi) is 6.10. The smallest absolute Gasteiger partial charge is 0.253 e. The van der Waals surface area contributed by atoms with Crippen molar-refractivity contribution >= 4 is 5.91 Å². The zero-order valence-corrected chi connectivity index (χ0v) is 15.0. The number of carbonyl (C=O) groups excluding carboxylic acids is 1. The molecule has 3 rings (SSSR count). The lowest BCUT2D eigenvalue weighted by atomic mass is 10.1. The van der Waals surface area contributed by atoms with Crippen molar-refractivity contribution in [1.29, 1.82) is 0 Å². The largest absolute Gasteiger partial charge is 0.489 e. The number of para-hydroxylation sites is 1. The molecule has 0 heterocycles. The molecule has 1 saturated carbocycles. The van der Waals surface area contributed by atoms with E-state index in [0.29, 0.717) is 12.6 Å². The molecule has 0 spiro atoms. The normalized spacial score (nSPS) is 15.4. The zero-order valence-electron chi connectivity index (χ0n) is 15.0. The van der Waals surface area contributed by atoms with Crippen LogP contribution in [0.2, 0.25) is 0 Å². The SMILES string of the molecule is CN(C(=O)c1ccc(COc2ccccc2)cc1)C1CCCCCC1. The van der Waals surface area contributed by atoms with Crippen LogP contribution in [0.1, 0.15) is 54.4 Å². The molecule has 0 radical (unpaired) electrons. The molecular weight excluding hydrogens is 310 g/mol. The average molecular weight is 337 g/mol. The van der Waals surface area contributed by atoms with Crippen molar-refractivity contribution in [2.75, 3.05) is 7.05 Å². The van der Waals surface area contributed by atoms with E-state index in [9.17, 15) is 4.79 Å².